The molecule has 0 amide bonds. The Labute approximate surface area is 149 Å². The van der Waals surface area contributed by atoms with Gasteiger partial charge in [-0.2, -0.15) is 0 Å². The van der Waals surface area contributed by atoms with Crippen molar-refractivity contribution < 1.29 is 9.15 Å². The van der Waals surface area contributed by atoms with Crippen LogP contribution in [0.25, 0.3) is 0 Å². The van der Waals surface area contributed by atoms with Gasteiger partial charge in [0.1, 0.15) is 12.4 Å². The number of furan rings is 1. The highest BCUT2D eigenvalue weighted by atomic mass is 16.5. The van der Waals surface area contributed by atoms with Crippen molar-refractivity contribution in [3.8, 4) is 0 Å². The summed E-state index contributed by atoms with van der Waals surface area (Å²) < 4.78 is 10.8. The zero-order chi connectivity index (χ0) is 17.7. The molecule has 0 spiro atoms. The van der Waals surface area contributed by atoms with Gasteiger partial charge in [0.25, 0.3) is 0 Å². The summed E-state index contributed by atoms with van der Waals surface area (Å²) in [6, 6.07) is 7.93. The Morgan fingerprint density at radius 3 is 2.92 bits per heavy atom. The Kier molecular flexibility index (Phi) is 8.55. The van der Waals surface area contributed by atoms with Crippen LogP contribution in [0.15, 0.2) is 46.1 Å². The molecule has 2 N–H and O–H groups in total. The summed E-state index contributed by atoms with van der Waals surface area (Å²) in [6.45, 7) is 7.63. The molecule has 2 heterocycles. The molecule has 25 heavy (non-hydrogen) atoms. The van der Waals surface area contributed by atoms with Crippen LogP contribution >= 0.6 is 0 Å². The van der Waals surface area contributed by atoms with E-state index in [1.54, 1.807) is 6.26 Å². The molecule has 0 radical (unpaired) electrons. The second kappa shape index (κ2) is 11.3. The van der Waals surface area contributed by atoms with E-state index in [4.69, 9.17) is 9.15 Å². The minimum Gasteiger partial charge on any atom is -0.467 e. The lowest BCUT2D eigenvalue weighted by molar-refractivity contribution is 0.105. The van der Waals surface area contributed by atoms with E-state index in [9.17, 15) is 0 Å². The van der Waals surface area contributed by atoms with Crippen LogP contribution in [0.5, 0.6) is 0 Å². The van der Waals surface area contributed by atoms with Crippen LogP contribution in [0.2, 0.25) is 0 Å². The van der Waals surface area contributed by atoms with Crippen molar-refractivity contribution in [3.63, 3.8) is 0 Å². The number of aliphatic imine (C=N–C) groups is 1. The Morgan fingerprint density at radius 2 is 2.20 bits per heavy atom. The minimum absolute atomic E-state index is 0.514. The average molecular weight is 344 g/mol. The van der Waals surface area contributed by atoms with Crippen LogP contribution in [0.3, 0.4) is 0 Å². The molecule has 2 aromatic heterocycles. The van der Waals surface area contributed by atoms with E-state index in [2.05, 4.69) is 33.6 Å². The number of guanidine groups is 1. The lowest BCUT2D eigenvalue weighted by atomic mass is 10.2. The Morgan fingerprint density at radius 1 is 1.28 bits per heavy atom. The van der Waals surface area contributed by atoms with Gasteiger partial charge >= 0.3 is 0 Å². The van der Waals surface area contributed by atoms with E-state index in [-0.39, 0.29) is 0 Å². The fourth-order valence-electron chi connectivity index (χ4n) is 2.24. The molecule has 0 aromatic carbocycles. The summed E-state index contributed by atoms with van der Waals surface area (Å²) in [5, 5.41) is 6.61. The lowest BCUT2D eigenvalue weighted by Gasteiger charge is -2.11. The van der Waals surface area contributed by atoms with E-state index < -0.39 is 0 Å². The van der Waals surface area contributed by atoms with E-state index in [0.29, 0.717) is 13.2 Å². The van der Waals surface area contributed by atoms with Crippen LogP contribution in [0, 0.1) is 6.92 Å². The fourth-order valence-corrected chi connectivity index (χ4v) is 2.24. The lowest BCUT2D eigenvalue weighted by Crippen LogP contribution is -2.38. The number of hydrogen-bond acceptors (Lipinski definition) is 4. The molecule has 0 aliphatic heterocycles. The van der Waals surface area contributed by atoms with Gasteiger partial charge in [0.05, 0.1) is 6.26 Å². The van der Waals surface area contributed by atoms with Gasteiger partial charge < -0.3 is 19.8 Å². The molecule has 0 saturated heterocycles. The summed E-state index contributed by atoms with van der Waals surface area (Å²) in [6.07, 6.45) is 5.38. The highest BCUT2D eigenvalue weighted by molar-refractivity contribution is 5.79. The zero-order valence-corrected chi connectivity index (χ0v) is 15.1. The number of aryl methyl sites for hydroxylation is 1. The molecule has 0 unspecified atom stereocenters. The van der Waals surface area contributed by atoms with Crippen LogP contribution in [-0.4, -0.2) is 37.2 Å². The third kappa shape index (κ3) is 7.85. The van der Waals surface area contributed by atoms with Gasteiger partial charge in [-0.25, -0.2) is 0 Å². The summed E-state index contributed by atoms with van der Waals surface area (Å²) >= 11 is 0. The fraction of sp³-hybridized carbons (Fsp3) is 0.474. The van der Waals surface area contributed by atoms with Crippen molar-refractivity contribution in [2.24, 2.45) is 4.99 Å². The van der Waals surface area contributed by atoms with E-state index in [1.165, 1.54) is 5.56 Å². The second-order valence-corrected chi connectivity index (χ2v) is 5.73. The average Bonchev–Trinajstić information content (AvgIpc) is 3.13. The van der Waals surface area contributed by atoms with Crippen molar-refractivity contribution >= 4 is 5.96 Å². The predicted molar refractivity (Wildman–Crippen MR) is 99.6 cm³/mol. The molecule has 136 valence electrons. The van der Waals surface area contributed by atoms with Gasteiger partial charge in [-0.05, 0) is 50.5 Å². The molecular formula is C19H28N4O2. The topological polar surface area (TPSA) is 71.7 Å². The smallest absolute Gasteiger partial charge is 0.191 e. The molecule has 2 rings (SSSR count). The first-order valence-electron chi connectivity index (χ1n) is 8.81. The molecule has 2 aromatic rings. The number of rotatable bonds is 10. The second-order valence-electron chi connectivity index (χ2n) is 5.73. The summed E-state index contributed by atoms with van der Waals surface area (Å²) in [4.78, 5) is 8.88. The molecule has 6 heteroatoms. The monoisotopic (exact) mass is 344 g/mol. The van der Waals surface area contributed by atoms with E-state index in [1.807, 2.05) is 31.3 Å². The first-order valence-corrected chi connectivity index (χ1v) is 8.81. The SMILES string of the molecule is CCNC(=NCCCOCc1ccco1)NCCc1ccc(C)nc1. The number of aromatic nitrogens is 1. The van der Waals surface area contributed by atoms with E-state index in [0.717, 1.165) is 49.9 Å². The van der Waals surface area contributed by atoms with Gasteiger partial charge in [-0.3, -0.25) is 9.98 Å². The van der Waals surface area contributed by atoms with Gasteiger partial charge in [0.2, 0.25) is 0 Å². The van der Waals surface area contributed by atoms with Gasteiger partial charge in [0.15, 0.2) is 5.96 Å². The maximum atomic E-state index is 5.56. The minimum atomic E-state index is 0.514. The molecule has 0 atom stereocenters. The summed E-state index contributed by atoms with van der Waals surface area (Å²) in [5.41, 5.74) is 2.26. The van der Waals surface area contributed by atoms with Crippen molar-refractivity contribution in [1.29, 1.82) is 0 Å². The van der Waals surface area contributed by atoms with Gasteiger partial charge in [-0.15, -0.1) is 0 Å². The van der Waals surface area contributed by atoms with Crippen molar-refractivity contribution in [3.05, 3.63) is 53.7 Å². The van der Waals surface area contributed by atoms with Crippen molar-refractivity contribution in [1.82, 2.24) is 15.6 Å². The standard InChI is InChI=1S/C19H28N4O2/c1-3-20-19(22-11-9-17-8-7-16(2)23-14-17)21-10-5-12-24-15-18-6-4-13-25-18/h4,6-8,13-14H,3,5,9-12,15H2,1-2H3,(H2,20,21,22). The third-order valence-corrected chi connectivity index (χ3v) is 3.56. The Balaban J connectivity index is 1.62. The molecule has 0 bridgehead atoms. The molecule has 0 aliphatic rings. The Hall–Kier alpha value is -2.34. The summed E-state index contributed by atoms with van der Waals surface area (Å²) in [5.74, 6) is 1.69. The molecule has 0 aliphatic carbocycles. The highest BCUT2D eigenvalue weighted by Crippen LogP contribution is 2.02. The van der Waals surface area contributed by atoms with Crippen LogP contribution in [-0.2, 0) is 17.8 Å². The maximum absolute atomic E-state index is 5.56. The summed E-state index contributed by atoms with van der Waals surface area (Å²) in [7, 11) is 0. The number of pyridine rings is 1. The largest absolute Gasteiger partial charge is 0.467 e. The quantitative estimate of drug-likeness (QED) is 0.394. The van der Waals surface area contributed by atoms with Crippen LogP contribution in [0.1, 0.15) is 30.4 Å². The molecule has 0 saturated carbocycles. The molecular weight excluding hydrogens is 316 g/mol. The van der Waals surface area contributed by atoms with Crippen LogP contribution in [0.4, 0.5) is 0 Å². The molecule has 6 nitrogen and oxygen atoms in total. The first kappa shape index (κ1) is 19.0. The molecule has 0 fully saturated rings. The first-order chi connectivity index (χ1) is 12.3. The number of hydrogen-bond donors (Lipinski definition) is 2. The predicted octanol–water partition coefficient (Wildman–Crippen LogP) is 2.69. The normalized spacial score (nSPS) is 11.5. The van der Waals surface area contributed by atoms with Gasteiger partial charge in [-0.1, -0.05) is 6.07 Å². The highest BCUT2D eigenvalue weighted by Gasteiger charge is 1.99. The van der Waals surface area contributed by atoms with Gasteiger partial charge in [0, 0.05) is 38.1 Å². The van der Waals surface area contributed by atoms with E-state index >= 15 is 0 Å². The third-order valence-electron chi connectivity index (χ3n) is 3.56. The van der Waals surface area contributed by atoms with Crippen LogP contribution < -0.4 is 10.6 Å². The zero-order valence-electron chi connectivity index (χ0n) is 15.1. The maximum Gasteiger partial charge on any atom is 0.191 e. The number of ether oxygens (including phenoxy) is 1. The van der Waals surface area contributed by atoms with Crippen molar-refractivity contribution in [2.75, 3.05) is 26.2 Å². The number of nitrogens with one attached hydrogen (secondary N) is 2. The van der Waals surface area contributed by atoms with Crippen molar-refractivity contribution in [2.45, 2.75) is 33.3 Å². The number of nitrogens with zero attached hydrogens (tertiary/aromatic N) is 2. The Bertz CT molecular complexity index is 609.